The summed E-state index contributed by atoms with van der Waals surface area (Å²) in [6.07, 6.45) is 7.43. The smallest absolute Gasteiger partial charge is 0.316 e. The van der Waals surface area contributed by atoms with Crippen molar-refractivity contribution in [1.82, 2.24) is 19.9 Å². The highest BCUT2D eigenvalue weighted by Gasteiger charge is 2.24. The molecule has 2 aromatic rings. The van der Waals surface area contributed by atoms with Gasteiger partial charge in [-0.3, -0.25) is 9.78 Å². The third-order valence-corrected chi connectivity index (χ3v) is 3.84. The Hall–Kier alpha value is -2.57. The minimum absolute atomic E-state index is 0.178. The van der Waals surface area contributed by atoms with Crippen molar-refractivity contribution >= 4 is 5.91 Å². The second-order valence-electron chi connectivity index (χ2n) is 5.47. The van der Waals surface area contributed by atoms with Crippen molar-refractivity contribution in [2.45, 2.75) is 12.8 Å². The van der Waals surface area contributed by atoms with Crippen LogP contribution in [0.25, 0.3) is 0 Å². The molecule has 0 saturated carbocycles. The molecule has 0 N–H and O–H groups in total. The highest BCUT2D eigenvalue weighted by Crippen LogP contribution is 2.19. The van der Waals surface area contributed by atoms with E-state index in [1.807, 2.05) is 0 Å². The molecule has 7 heteroatoms. The number of hydrogen-bond donors (Lipinski definition) is 0. The highest BCUT2D eigenvalue weighted by atomic mass is 19.1. The maximum Gasteiger partial charge on any atom is 0.316 e. The van der Waals surface area contributed by atoms with Crippen LogP contribution in [0.1, 0.15) is 23.2 Å². The number of hydrogen-bond acceptors (Lipinski definition) is 5. The average Bonchev–Trinajstić information content (AvgIpc) is 2.61. The van der Waals surface area contributed by atoms with Gasteiger partial charge in [0.05, 0.1) is 18.4 Å². The van der Waals surface area contributed by atoms with Gasteiger partial charge in [0, 0.05) is 31.7 Å². The molecule has 1 saturated heterocycles. The number of nitrogens with zero attached hydrogens (tertiary/aromatic N) is 4. The second kappa shape index (κ2) is 7.13. The number of ether oxygens (including phenoxy) is 1. The van der Waals surface area contributed by atoms with Gasteiger partial charge in [0.25, 0.3) is 5.91 Å². The van der Waals surface area contributed by atoms with E-state index >= 15 is 0 Å². The second-order valence-corrected chi connectivity index (χ2v) is 5.47. The molecule has 120 valence electrons. The van der Waals surface area contributed by atoms with E-state index < -0.39 is 5.82 Å². The Labute approximate surface area is 133 Å². The summed E-state index contributed by atoms with van der Waals surface area (Å²) >= 11 is 0. The van der Waals surface area contributed by atoms with Gasteiger partial charge in [-0.2, -0.15) is 0 Å². The monoisotopic (exact) mass is 316 g/mol. The topological polar surface area (TPSA) is 68.2 Å². The normalized spacial score (nSPS) is 15.4. The van der Waals surface area contributed by atoms with Crippen LogP contribution in [0.5, 0.6) is 6.01 Å². The van der Waals surface area contributed by atoms with Crippen molar-refractivity contribution in [2.24, 2.45) is 5.92 Å². The third kappa shape index (κ3) is 4.00. The van der Waals surface area contributed by atoms with Gasteiger partial charge in [0.1, 0.15) is 5.82 Å². The van der Waals surface area contributed by atoms with Gasteiger partial charge in [0.15, 0.2) is 0 Å². The molecule has 0 atom stereocenters. The predicted octanol–water partition coefficient (Wildman–Crippen LogP) is 1.94. The van der Waals surface area contributed by atoms with Crippen molar-refractivity contribution in [3.63, 3.8) is 0 Å². The molecule has 3 heterocycles. The number of rotatable bonds is 4. The summed E-state index contributed by atoms with van der Waals surface area (Å²) in [5.74, 6) is -0.321. The fourth-order valence-electron chi connectivity index (χ4n) is 2.57. The van der Waals surface area contributed by atoms with E-state index in [2.05, 4.69) is 15.0 Å². The molecule has 0 aromatic carbocycles. The lowest BCUT2D eigenvalue weighted by molar-refractivity contribution is 0.0656. The maximum absolute atomic E-state index is 13.2. The average molecular weight is 316 g/mol. The standard InChI is InChI=1S/C16H17FN4O2/c17-14-8-13(9-18-10-14)15(22)21-6-2-12(3-7-21)11-23-16-19-4-1-5-20-16/h1,4-5,8-10,12H,2-3,6-7,11H2. The number of carbonyl (C=O) groups is 1. The van der Waals surface area contributed by atoms with Crippen LogP contribution in [0.3, 0.4) is 0 Å². The molecule has 1 aliphatic rings. The molecule has 0 radical (unpaired) electrons. The van der Waals surface area contributed by atoms with Gasteiger partial charge in [-0.05, 0) is 30.9 Å². The van der Waals surface area contributed by atoms with Crippen LogP contribution in [0.4, 0.5) is 4.39 Å². The molecule has 23 heavy (non-hydrogen) atoms. The molecule has 0 bridgehead atoms. The zero-order valence-electron chi connectivity index (χ0n) is 12.6. The van der Waals surface area contributed by atoms with Crippen LogP contribution in [-0.4, -0.2) is 45.5 Å². The molecule has 1 aliphatic heterocycles. The van der Waals surface area contributed by atoms with Crippen molar-refractivity contribution in [1.29, 1.82) is 0 Å². The fraction of sp³-hybridized carbons (Fsp3) is 0.375. The largest absolute Gasteiger partial charge is 0.463 e. The van der Waals surface area contributed by atoms with Crippen LogP contribution in [-0.2, 0) is 0 Å². The van der Waals surface area contributed by atoms with E-state index in [1.54, 1.807) is 23.4 Å². The highest BCUT2D eigenvalue weighted by molar-refractivity contribution is 5.93. The molecule has 2 aromatic heterocycles. The lowest BCUT2D eigenvalue weighted by Crippen LogP contribution is -2.39. The zero-order valence-corrected chi connectivity index (χ0v) is 12.6. The Morgan fingerprint density at radius 2 is 2.00 bits per heavy atom. The minimum Gasteiger partial charge on any atom is -0.463 e. The molecule has 1 amide bonds. The van der Waals surface area contributed by atoms with Crippen molar-refractivity contribution < 1.29 is 13.9 Å². The zero-order chi connectivity index (χ0) is 16.1. The number of pyridine rings is 1. The number of piperidine rings is 1. The first-order valence-corrected chi connectivity index (χ1v) is 7.52. The summed E-state index contributed by atoms with van der Waals surface area (Å²) in [5.41, 5.74) is 0.289. The molecule has 1 fully saturated rings. The summed E-state index contributed by atoms with van der Waals surface area (Å²) in [5, 5.41) is 0. The quantitative estimate of drug-likeness (QED) is 0.862. The Morgan fingerprint density at radius 3 is 2.70 bits per heavy atom. The number of aromatic nitrogens is 3. The molecule has 6 nitrogen and oxygen atoms in total. The van der Waals surface area contributed by atoms with Crippen molar-refractivity contribution in [2.75, 3.05) is 19.7 Å². The van der Waals surface area contributed by atoms with Gasteiger partial charge < -0.3 is 9.64 Å². The van der Waals surface area contributed by atoms with E-state index in [0.29, 0.717) is 31.6 Å². The molecule has 0 aliphatic carbocycles. The Balaban J connectivity index is 1.49. The minimum atomic E-state index is -0.498. The SMILES string of the molecule is O=C(c1cncc(F)c1)N1CCC(COc2ncccn2)CC1. The first kappa shape index (κ1) is 15.3. The van der Waals surface area contributed by atoms with Gasteiger partial charge in [0.2, 0.25) is 0 Å². The van der Waals surface area contributed by atoms with Gasteiger partial charge >= 0.3 is 6.01 Å². The van der Waals surface area contributed by atoms with E-state index in [4.69, 9.17) is 4.74 Å². The number of carbonyl (C=O) groups excluding carboxylic acids is 1. The van der Waals surface area contributed by atoms with Gasteiger partial charge in [-0.25, -0.2) is 14.4 Å². The Morgan fingerprint density at radius 1 is 1.26 bits per heavy atom. The first-order chi connectivity index (χ1) is 11.2. The number of halogens is 1. The van der Waals surface area contributed by atoms with Crippen LogP contribution in [0, 0.1) is 11.7 Å². The summed E-state index contributed by atoms with van der Waals surface area (Å²) in [6, 6.07) is 3.33. The lowest BCUT2D eigenvalue weighted by Gasteiger charge is -2.31. The van der Waals surface area contributed by atoms with E-state index in [9.17, 15) is 9.18 Å². The number of likely N-dealkylation sites (tertiary alicyclic amines) is 1. The Kier molecular flexibility index (Phi) is 4.75. The third-order valence-electron chi connectivity index (χ3n) is 3.84. The molecule has 0 spiro atoms. The van der Waals surface area contributed by atoms with Crippen molar-refractivity contribution in [3.8, 4) is 6.01 Å². The van der Waals surface area contributed by atoms with E-state index in [1.165, 1.54) is 12.3 Å². The van der Waals surface area contributed by atoms with Crippen LogP contribution >= 0.6 is 0 Å². The molecular formula is C16H17FN4O2. The van der Waals surface area contributed by atoms with E-state index in [0.717, 1.165) is 19.0 Å². The first-order valence-electron chi connectivity index (χ1n) is 7.52. The molecule has 0 unspecified atom stereocenters. The number of amides is 1. The summed E-state index contributed by atoms with van der Waals surface area (Å²) < 4.78 is 18.7. The maximum atomic E-state index is 13.2. The lowest BCUT2D eigenvalue weighted by atomic mass is 9.97. The van der Waals surface area contributed by atoms with Crippen LogP contribution in [0.2, 0.25) is 0 Å². The fourth-order valence-corrected chi connectivity index (χ4v) is 2.57. The molecule has 3 rings (SSSR count). The molecular weight excluding hydrogens is 299 g/mol. The Bertz CT molecular complexity index is 660. The summed E-state index contributed by atoms with van der Waals surface area (Å²) in [6.45, 7) is 1.78. The predicted molar refractivity (Wildman–Crippen MR) is 80.3 cm³/mol. The van der Waals surface area contributed by atoms with Gasteiger partial charge in [-0.15, -0.1) is 0 Å². The summed E-state index contributed by atoms with van der Waals surface area (Å²) in [7, 11) is 0. The van der Waals surface area contributed by atoms with Crippen LogP contribution in [0.15, 0.2) is 36.9 Å². The van der Waals surface area contributed by atoms with Crippen LogP contribution < -0.4 is 4.74 Å². The van der Waals surface area contributed by atoms with Crippen molar-refractivity contribution in [3.05, 3.63) is 48.3 Å². The van der Waals surface area contributed by atoms with E-state index in [-0.39, 0.29) is 11.5 Å². The van der Waals surface area contributed by atoms with Gasteiger partial charge in [-0.1, -0.05) is 0 Å². The summed E-state index contributed by atoms with van der Waals surface area (Å²) in [4.78, 5) is 25.8.